The van der Waals surface area contributed by atoms with Crippen molar-refractivity contribution in [2.75, 3.05) is 19.6 Å². The number of aryl methyl sites for hydroxylation is 1. The molecule has 0 unspecified atom stereocenters. The van der Waals surface area contributed by atoms with Gasteiger partial charge in [-0.25, -0.2) is 4.79 Å². The van der Waals surface area contributed by atoms with Gasteiger partial charge in [0.05, 0.1) is 16.9 Å². The van der Waals surface area contributed by atoms with E-state index in [0.717, 1.165) is 18.7 Å². The van der Waals surface area contributed by atoms with E-state index < -0.39 is 11.2 Å². The first-order valence-corrected chi connectivity index (χ1v) is 10.8. The summed E-state index contributed by atoms with van der Waals surface area (Å²) in [7, 11) is 0. The number of nitrogens with one attached hydrogen (secondary N) is 2. The number of nitrogens with zero attached hydrogens (tertiary/aromatic N) is 2. The first-order valence-electron chi connectivity index (χ1n) is 10.4. The number of H-pyrrole nitrogens is 1. The Morgan fingerprint density at radius 1 is 1.10 bits per heavy atom. The van der Waals surface area contributed by atoms with Crippen molar-refractivity contribution in [1.29, 1.82) is 0 Å². The molecule has 7 nitrogen and oxygen atoms in total. The number of amides is 1. The topological polar surface area (TPSA) is 87.2 Å². The van der Waals surface area contributed by atoms with Crippen LogP contribution in [-0.2, 0) is 11.3 Å². The molecule has 0 aliphatic carbocycles. The van der Waals surface area contributed by atoms with E-state index in [9.17, 15) is 14.4 Å². The molecule has 164 valence electrons. The lowest BCUT2D eigenvalue weighted by molar-refractivity contribution is -0.121. The van der Waals surface area contributed by atoms with Gasteiger partial charge in [-0.3, -0.25) is 24.0 Å². The number of carbonyl (C=O) groups is 1. The smallest absolute Gasteiger partial charge is 0.328 e. The maximum absolute atomic E-state index is 12.6. The van der Waals surface area contributed by atoms with Crippen molar-refractivity contribution >= 4 is 28.4 Å². The molecule has 3 rings (SSSR count). The maximum Gasteiger partial charge on any atom is 0.328 e. The molecule has 0 bridgehead atoms. The van der Waals surface area contributed by atoms with E-state index in [1.54, 1.807) is 24.3 Å². The van der Waals surface area contributed by atoms with Crippen LogP contribution in [0.1, 0.15) is 31.9 Å². The zero-order valence-electron chi connectivity index (χ0n) is 17.7. The van der Waals surface area contributed by atoms with Crippen LogP contribution in [-0.4, -0.2) is 40.0 Å². The number of fused-ring (bicyclic) bond motifs is 1. The van der Waals surface area contributed by atoms with Gasteiger partial charge in [-0.1, -0.05) is 55.8 Å². The summed E-state index contributed by atoms with van der Waals surface area (Å²) in [5.74, 6) is -0.175. The summed E-state index contributed by atoms with van der Waals surface area (Å²) >= 11 is 6.41. The largest absolute Gasteiger partial charge is 0.354 e. The predicted octanol–water partition coefficient (Wildman–Crippen LogP) is 2.93. The van der Waals surface area contributed by atoms with Gasteiger partial charge in [0, 0.05) is 24.5 Å². The SMILES string of the molecule is CCN(CC)[C@@H](CNC(=O)CCn1c(=O)[nH]c(=O)c2ccccc21)c1ccccc1Cl. The zero-order chi connectivity index (χ0) is 22.4. The van der Waals surface area contributed by atoms with E-state index >= 15 is 0 Å². The highest BCUT2D eigenvalue weighted by Crippen LogP contribution is 2.27. The summed E-state index contributed by atoms with van der Waals surface area (Å²) in [6, 6.07) is 14.5. The number of aromatic amines is 1. The van der Waals surface area contributed by atoms with E-state index in [2.05, 4.69) is 29.0 Å². The molecule has 1 amide bonds. The van der Waals surface area contributed by atoms with E-state index in [1.807, 2.05) is 24.3 Å². The normalized spacial score (nSPS) is 12.3. The molecule has 0 aliphatic rings. The van der Waals surface area contributed by atoms with Gasteiger partial charge in [0.1, 0.15) is 0 Å². The molecule has 0 aliphatic heterocycles. The highest BCUT2D eigenvalue weighted by atomic mass is 35.5. The molecule has 0 radical (unpaired) electrons. The molecule has 2 N–H and O–H groups in total. The number of likely N-dealkylation sites (N-methyl/N-ethyl adjacent to an activating group) is 1. The number of benzene rings is 2. The summed E-state index contributed by atoms with van der Waals surface area (Å²) in [6.07, 6.45) is 0.115. The van der Waals surface area contributed by atoms with Crippen molar-refractivity contribution in [1.82, 2.24) is 19.8 Å². The van der Waals surface area contributed by atoms with E-state index in [4.69, 9.17) is 11.6 Å². The number of hydrogen-bond acceptors (Lipinski definition) is 4. The second-order valence-electron chi connectivity index (χ2n) is 7.24. The summed E-state index contributed by atoms with van der Waals surface area (Å²) in [4.78, 5) is 41.4. The second-order valence-corrected chi connectivity index (χ2v) is 7.65. The Morgan fingerprint density at radius 3 is 2.48 bits per heavy atom. The lowest BCUT2D eigenvalue weighted by Crippen LogP contribution is -2.39. The van der Waals surface area contributed by atoms with Crippen molar-refractivity contribution < 1.29 is 4.79 Å². The molecular formula is C23H27ClN4O3. The highest BCUT2D eigenvalue weighted by molar-refractivity contribution is 6.31. The number of para-hydroxylation sites is 1. The third kappa shape index (κ3) is 5.24. The van der Waals surface area contributed by atoms with Crippen LogP contribution in [0.4, 0.5) is 0 Å². The molecule has 0 saturated heterocycles. The molecule has 8 heteroatoms. The molecule has 0 fully saturated rings. The second kappa shape index (κ2) is 10.4. The minimum absolute atomic E-state index is 0.0516. The van der Waals surface area contributed by atoms with Crippen LogP contribution >= 0.6 is 11.6 Å². The first-order chi connectivity index (χ1) is 15.0. The summed E-state index contributed by atoms with van der Waals surface area (Å²) < 4.78 is 1.42. The third-order valence-electron chi connectivity index (χ3n) is 5.48. The van der Waals surface area contributed by atoms with Crippen molar-refractivity contribution in [2.45, 2.75) is 32.9 Å². The lowest BCUT2D eigenvalue weighted by atomic mass is 10.0. The number of aromatic nitrogens is 2. The predicted molar refractivity (Wildman–Crippen MR) is 124 cm³/mol. The van der Waals surface area contributed by atoms with Crippen LogP contribution in [0.5, 0.6) is 0 Å². The van der Waals surface area contributed by atoms with Crippen molar-refractivity contribution in [3.8, 4) is 0 Å². The van der Waals surface area contributed by atoms with Crippen LogP contribution in [0.2, 0.25) is 5.02 Å². The van der Waals surface area contributed by atoms with Crippen LogP contribution < -0.4 is 16.6 Å². The Labute approximate surface area is 185 Å². The van der Waals surface area contributed by atoms with Gasteiger partial charge in [0.2, 0.25) is 5.91 Å². The Kier molecular flexibility index (Phi) is 7.65. The summed E-state index contributed by atoms with van der Waals surface area (Å²) in [5.41, 5.74) is 0.536. The van der Waals surface area contributed by atoms with E-state index in [-0.39, 0.29) is 24.9 Å². The third-order valence-corrected chi connectivity index (χ3v) is 5.82. The van der Waals surface area contributed by atoms with Crippen molar-refractivity contribution in [3.63, 3.8) is 0 Å². The molecule has 0 spiro atoms. The first kappa shape index (κ1) is 22.8. The Hall–Kier alpha value is -2.90. The average molecular weight is 443 g/mol. The summed E-state index contributed by atoms with van der Waals surface area (Å²) in [6.45, 7) is 6.36. The standard InChI is InChI=1S/C23H27ClN4O3/c1-3-27(4-2)20(16-9-5-7-11-18(16)24)15-25-21(29)13-14-28-19-12-8-6-10-17(19)22(30)26-23(28)31/h5-12,20H,3-4,13-15H2,1-2H3,(H,25,29)(H,26,30,31)/t20-/m0/s1. The van der Waals surface area contributed by atoms with Crippen molar-refractivity contribution in [3.05, 3.63) is 80.0 Å². The van der Waals surface area contributed by atoms with Crippen LogP contribution in [0, 0.1) is 0 Å². The molecular weight excluding hydrogens is 416 g/mol. The van der Waals surface area contributed by atoms with Gasteiger partial charge in [-0.15, -0.1) is 0 Å². The minimum Gasteiger partial charge on any atom is -0.354 e. The number of carbonyl (C=O) groups excluding carboxylic acids is 1. The van der Waals surface area contributed by atoms with Crippen molar-refractivity contribution in [2.24, 2.45) is 0 Å². The van der Waals surface area contributed by atoms with E-state index in [1.165, 1.54) is 4.57 Å². The molecule has 1 atom stereocenters. The molecule has 31 heavy (non-hydrogen) atoms. The van der Waals surface area contributed by atoms with Crippen LogP contribution in [0.3, 0.4) is 0 Å². The summed E-state index contributed by atoms with van der Waals surface area (Å²) in [5, 5.41) is 4.07. The van der Waals surface area contributed by atoms with Crippen LogP contribution in [0.15, 0.2) is 58.1 Å². The lowest BCUT2D eigenvalue weighted by Gasteiger charge is -2.31. The Bertz CT molecular complexity index is 1170. The molecule has 0 saturated carbocycles. The highest BCUT2D eigenvalue weighted by Gasteiger charge is 2.21. The number of hydrogen-bond donors (Lipinski definition) is 2. The average Bonchev–Trinajstić information content (AvgIpc) is 2.77. The maximum atomic E-state index is 12.6. The fraction of sp³-hybridized carbons (Fsp3) is 0.348. The fourth-order valence-electron chi connectivity index (χ4n) is 3.82. The monoisotopic (exact) mass is 442 g/mol. The van der Waals surface area contributed by atoms with Gasteiger partial charge in [-0.2, -0.15) is 0 Å². The molecule has 3 aromatic rings. The molecule has 1 heterocycles. The van der Waals surface area contributed by atoms with E-state index in [0.29, 0.717) is 22.5 Å². The zero-order valence-corrected chi connectivity index (χ0v) is 18.5. The van der Waals surface area contributed by atoms with Gasteiger partial charge in [0.25, 0.3) is 5.56 Å². The van der Waals surface area contributed by atoms with Gasteiger partial charge >= 0.3 is 5.69 Å². The Balaban J connectivity index is 1.72. The fourth-order valence-corrected chi connectivity index (χ4v) is 4.08. The minimum atomic E-state index is -0.520. The number of rotatable bonds is 9. The molecule has 2 aromatic carbocycles. The number of halogens is 1. The van der Waals surface area contributed by atoms with Crippen LogP contribution in [0.25, 0.3) is 10.9 Å². The molecule has 1 aromatic heterocycles. The Morgan fingerprint density at radius 2 is 1.77 bits per heavy atom. The van der Waals surface area contributed by atoms with Gasteiger partial charge < -0.3 is 5.32 Å². The van der Waals surface area contributed by atoms with Gasteiger partial charge in [-0.05, 0) is 36.9 Å². The van der Waals surface area contributed by atoms with Gasteiger partial charge in [0.15, 0.2) is 0 Å². The quantitative estimate of drug-likeness (QED) is 0.533.